The quantitative estimate of drug-likeness (QED) is 0.541. The Morgan fingerprint density at radius 2 is 2.17 bits per heavy atom. The lowest BCUT2D eigenvalue weighted by Crippen LogP contribution is -2.22. The Morgan fingerprint density at radius 1 is 1.44 bits per heavy atom. The highest BCUT2D eigenvalue weighted by atomic mass is 16.5. The van der Waals surface area contributed by atoms with Crippen LogP contribution in [0.1, 0.15) is 22.8 Å². The SMILES string of the molecule is C=C(C)COCCNCc1ccccc1C(N)=O. The summed E-state index contributed by atoms with van der Waals surface area (Å²) in [6.07, 6.45) is 0. The molecule has 0 aliphatic rings. The lowest BCUT2D eigenvalue weighted by Gasteiger charge is -2.08. The van der Waals surface area contributed by atoms with Gasteiger partial charge in [0.05, 0.1) is 13.2 Å². The number of benzene rings is 1. The van der Waals surface area contributed by atoms with Crippen molar-refractivity contribution in [1.29, 1.82) is 0 Å². The van der Waals surface area contributed by atoms with Crippen molar-refractivity contribution >= 4 is 5.91 Å². The molecule has 0 atom stereocenters. The van der Waals surface area contributed by atoms with Gasteiger partial charge in [-0.1, -0.05) is 30.4 Å². The van der Waals surface area contributed by atoms with E-state index in [-0.39, 0.29) is 0 Å². The highest BCUT2D eigenvalue weighted by molar-refractivity contribution is 5.94. The molecule has 0 fully saturated rings. The summed E-state index contributed by atoms with van der Waals surface area (Å²) >= 11 is 0. The fourth-order valence-electron chi connectivity index (χ4n) is 1.53. The number of amides is 1. The average molecular weight is 248 g/mol. The summed E-state index contributed by atoms with van der Waals surface area (Å²) in [7, 11) is 0. The lowest BCUT2D eigenvalue weighted by molar-refractivity contribution is 0.0999. The molecule has 18 heavy (non-hydrogen) atoms. The van der Waals surface area contributed by atoms with Crippen LogP contribution >= 0.6 is 0 Å². The molecule has 4 heteroatoms. The van der Waals surface area contributed by atoms with Crippen LogP contribution < -0.4 is 11.1 Å². The molecule has 1 rings (SSSR count). The summed E-state index contributed by atoms with van der Waals surface area (Å²) in [5.74, 6) is -0.397. The number of ether oxygens (including phenoxy) is 1. The second-order valence-electron chi connectivity index (χ2n) is 4.21. The van der Waals surface area contributed by atoms with Crippen LogP contribution in [-0.4, -0.2) is 25.7 Å². The fourth-order valence-corrected chi connectivity index (χ4v) is 1.53. The van der Waals surface area contributed by atoms with E-state index in [1.807, 2.05) is 19.1 Å². The van der Waals surface area contributed by atoms with Crippen LogP contribution in [0, 0.1) is 0 Å². The smallest absolute Gasteiger partial charge is 0.249 e. The first kappa shape index (κ1) is 14.4. The summed E-state index contributed by atoms with van der Waals surface area (Å²) in [5, 5.41) is 3.21. The molecule has 0 aliphatic carbocycles. The van der Waals surface area contributed by atoms with E-state index < -0.39 is 5.91 Å². The molecule has 3 N–H and O–H groups in total. The lowest BCUT2D eigenvalue weighted by atomic mass is 10.1. The van der Waals surface area contributed by atoms with E-state index in [4.69, 9.17) is 10.5 Å². The number of nitrogens with two attached hydrogens (primary N) is 1. The highest BCUT2D eigenvalue weighted by Gasteiger charge is 2.05. The van der Waals surface area contributed by atoms with Crippen LogP contribution in [0.15, 0.2) is 36.4 Å². The minimum Gasteiger partial charge on any atom is -0.376 e. The van der Waals surface area contributed by atoms with Gasteiger partial charge in [-0.3, -0.25) is 4.79 Å². The zero-order chi connectivity index (χ0) is 13.4. The summed E-state index contributed by atoms with van der Waals surface area (Å²) in [6, 6.07) is 7.32. The molecule has 0 unspecified atom stereocenters. The van der Waals surface area contributed by atoms with Gasteiger partial charge in [0.15, 0.2) is 0 Å². The number of nitrogens with one attached hydrogen (secondary N) is 1. The van der Waals surface area contributed by atoms with Gasteiger partial charge in [0, 0.05) is 18.7 Å². The third-order valence-electron chi connectivity index (χ3n) is 2.37. The van der Waals surface area contributed by atoms with Crippen LogP contribution in [0.3, 0.4) is 0 Å². The Morgan fingerprint density at radius 3 is 2.83 bits per heavy atom. The van der Waals surface area contributed by atoms with Crippen molar-refractivity contribution in [2.75, 3.05) is 19.8 Å². The zero-order valence-corrected chi connectivity index (χ0v) is 10.7. The number of primary amides is 1. The van der Waals surface area contributed by atoms with Crippen LogP contribution in [0.4, 0.5) is 0 Å². The van der Waals surface area contributed by atoms with Gasteiger partial charge in [-0.15, -0.1) is 0 Å². The van der Waals surface area contributed by atoms with Gasteiger partial charge < -0.3 is 15.8 Å². The van der Waals surface area contributed by atoms with E-state index in [2.05, 4.69) is 11.9 Å². The minimum absolute atomic E-state index is 0.397. The number of rotatable bonds is 8. The summed E-state index contributed by atoms with van der Waals surface area (Å²) in [6.45, 7) is 8.21. The maximum atomic E-state index is 11.2. The molecule has 0 aromatic heterocycles. The Labute approximate surface area is 108 Å². The molecule has 1 aromatic rings. The average Bonchev–Trinajstić information content (AvgIpc) is 2.33. The molecule has 1 aromatic carbocycles. The molecule has 4 nitrogen and oxygen atoms in total. The summed E-state index contributed by atoms with van der Waals surface area (Å²) < 4.78 is 5.36. The third kappa shape index (κ3) is 5.12. The van der Waals surface area contributed by atoms with E-state index in [9.17, 15) is 4.79 Å². The molecular formula is C14H20N2O2. The predicted octanol–water partition coefficient (Wildman–Crippen LogP) is 1.47. The largest absolute Gasteiger partial charge is 0.376 e. The normalized spacial score (nSPS) is 10.3. The van der Waals surface area contributed by atoms with E-state index >= 15 is 0 Å². The minimum atomic E-state index is -0.397. The molecule has 0 spiro atoms. The van der Waals surface area contributed by atoms with Gasteiger partial charge in [0.2, 0.25) is 5.91 Å². The molecule has 0 aliphatic heterocycles. The molecule has 0 radical (unpaired) electrons. The maximum absolute atomic E-state index is 11.2. The summed E-state index contributed by atoms with van der Waals surface area (Å²) in [5.41, 5.74) is 7.78. The maximum Gasteiger partial charge on any atom is 0.249 e. The van der Waals surface area contributed by atoms with Crippen molar-refractivity contribution in [3.63, 3.8) is 0 Å². The second-order valence-corrected chi connectivity index (χ2v) is 4.21. The number of carbonyl (C=O) groups excluding carboxylic acids is 1. The summed E-state index contributed by atoms with van der Waals surface area (Å²) in [4.78, 5) is 11.2. The third-order valence-corrected chi connectivity index (χ3v) is 2.37. The first-order valence-corrected chi connectivity index (χ1v) is 5.92. The Hall–Kier alpha value is -1.65. The van der Waals surface area contributed by atoms with Gasteiger partial charge in [0.25, 0.3) is 0 Å². The first-order valence-electron chi connectivity index (χ1n) is 5.92. The van der Waals surface area contributed by atoms with E-state index in [0.29, 0.717) is 25.3 Å². The van der Waals surface area contributed by atoms with Crippen molar-refractivity contribution in [3.05, 3.63) is 47.5 Å². The van der Waals surface area contributed by atoms with Gasteiger partial charge in [0.1, 0.15) is 0 Å². The molecule has 0 bridgehead atoms. The molecule has 0 heterocycles. The Bertz CT molecular complexity index is 416. The molecular weight excluding hydrogens is 228 g/mol. The fraction of sp³-hybridized carbons (Fsp3) is 0.357. The monoisotopic (exact) mass is 248 g/mol. The van der Waals surface area contributed by atoms with Gasteiger partial charge in [-0.25, -0.2) is 0 Å². The Kier molecular flexibility index (Phi) is 6.11. The van der Waals surface area contributed by atoms with Crippen molar-refractivity contribution in [2.45, 2.75) is 13.5 Å². The van der Waals surface area contributed by atoms with Crippen LogP contribution in [-0.2, 0) is 11.3 Å². The van der Waals surface area contributed by atoms with Crippen molar-refractivity contribution in [3.8, 4) is 0 Å². The first-order chi connectivity index (χ1) is 8.61. The van der Waals surface area contributed by atoms with Crippen molar-refractivity contribution in [2.24, 2.45) is 5.73 Å². The molecule has 0 saturated carbocycles. The molecule has 1 amide bonds. The van der Waals surface area contributed by atoms with Crippen molar-refractivity contribution in [1.82, 2.24) is 5.32 Å². The number of hydrogen-bond acceptors (Lipinski definition) is 3. The number of hydrogen-bond donors (Lipinski definition) is 2. The second kappa shape index (κ2) is 7.63. The highest BCUT2D eigenvalue weighted by Crippen LogP contribution is 2.07. The molecule has 0 saturated heterocycles. The van der Waals surface area contributed by atoms with Gasteiger partial charge in [-0.2, -0.15) is 0 Å². The number of carbonyl (C=O) groups is 1. The van der Waals surface area contributed by atoms with E-state index in [1.54, 1.807) is 12.1 Å². The van der Waals surface area contributed by atoms with Crippen LogP contribution in [0.2, 0.25) is 0 Å². The molecule has 98 valence electrons. The zero-order valence-electron chi connectivity index (χ0n) is 10.7. The van der Waals surface area contributed by atoms with Crippen LogP contribution in [0.25, 0.3) is 0 Å². The van der Waals surface area contributed by atoms with E-state index in [0.717, 1.165) is 17.7 Å². The Balaban J connectivity index is 2.31. The van der Waals surface area contributed by atoms with Crippen LogP contribution in [0.5, 0.6) is 0 Å². The van der Waals surface area contributed by atoms with Gasteiger partial charge >= 0.3 is 0 Å². The van der Waals surface area contributed by atoms with Gasteiger partial charge in [-0.05, 0) is 18.6 Å². The predicted molar refractivity (Wildman–Crippen MR) is 72.3 cm³/mol. The van der Waals surface area contributed by atoms with Crippen molar-refractivity contribution < 1.29 is 9.53 Å². The van der Waals surface area contributed by atoms with E-state index in [1.165, 1.54) is 0 Å². The topological polar surface area (TPSA) is 64.3 Å². The standard InChI is InChI=1S/C14H20N2O2/c1-11(2)10-18-8-7-16-9-12-5-3-4-6-13(12)14(15)17/h3-6,16H,1,7-10H2,2H3,(H2,15,17).